The lowest BCUT2D eigenvalue weighted by Gasteiger charge is -2.12. The third-order valence-electron chi connectivity index (χ3n) is 2.88. The van der Waals surface area contributed by atoms with Crippen molar-refractivity contribution in [2.75, 3.05) is 11.3 Å². The summed E-state index contributed by atoms with van der Waals surface area (Å²) in [6, 6.07) is 12.2. The molecule has 7 heteroatoms. The zero-order chi connectivity index (χ0) is 16.2. The lowest BCUT2D eigenvalue weighted by molar-refractivity contribution is 0.0956. The van der Waals surface area contributed by atoms with Gasteiger partial charge in [-0.25, -0.2) is 8.42 Å². The molecule has 0 aliphatic carbocycles. The van der Waals surface area contributed by atoms with Gasteiger partial charge in [-0.05, 0) is 43.3 Å². The van der Waals surface area contributed by atoms with Gasteiger partial charge in [0, 0.05) is 11.6 Å². The van der Waals surface area contributed by atoms with Crippen LogP contribution in [-0.2, 0) is 10.0 Å². The van der Waals surface area contributed by atoms with Crippen LogP contribution in [0.25, 0.3) is 0 Å². The Morgan fingerprint density at radius 2 is 1.73 bits per heavy atom. The molecule has 5 nitrogen and oxygen atoms in total. The molecule has 0 spiro atoms. The Morgan fingerprint density at radius 3 is 2.36 bits per heavy atom. The zero-order valence-corrected chi connectivity index (χ0v) is 13.4. The molecule has 0 fully saturated rings. The summed E-state index contributed by atoms with van der Waals surface area (Å²) in [5, 5.41) is 3.09. The van der Waals surface area contributed by atoms with Gasteiger partial charge in [0.2, 0.25) is 0 Å². The highest BCUT2D eigenvalue weighted by Gasteiger charge is 2.18. The molecule has 22 heavy (non-hydrogen) atoms. The van der Waals surface area contributed by atoms with Crippen molar-refractivity contribution in [1.29, 1.82) is 0 Å². The highest BCUT2D eigenvalue weighted by Crippen LogP contribution is 2.21. The lowest BCUT2D eigenvalue weighted by atomic mass is 10.2. The second kappa shape index (κ2) is 6.81. The van der Waals surface area contributed by atoms with Crippen molar-refractivity contribution < 1.29 is 13.2 Å². The molecular weight excluding hydrogens is 324 g/mol. The largest absolute Gasteiger partial charge is 0.352 e. The Kier molecular flexibility index (Phi) is 5.05. The van der Waals surface area contributed by atoms with E-state index in [1.54, 1.807) is 25.1 Å². The molecule has 0 aliphatic heterocycles. The molecule has 0 unspecified atom stereocenters. The number of halogens is 1. The van der Waals surface area contributed by atoms with Crippen molar-refractivity contribution in [1.82, 2.24) is 5.32 Å². The quantitative estimate of drug-likeness (QED) is 0.880. The van der Waals surface area contributed by atoms with Crippen molar-refractivity contribution in [2.24, 2.45) is 0 Å². The van der Waals surface area contributed by atoms with Gasteiger partial charge in [-0.3, -0.25) is 9.52 Å². The van der Waals surface area contributed by atoms with Crippen LogP contribution in [0, 0.1) is 0 Å². The predicted molar refractivity (Wildman–Crippen MR) is 86.7 cm³/mol. The number of nitrogens with one attached hydrogen (secondary N) is 2. The predicted octanol–water partition coefficient (Wildman–Crippen LogP) is 2.89. The molecule has 2 rings (SSSR count). The molecule has 1 amide bonds. The molecule has 0 atom stereocenters. The lowest BCUT2D eigenvalue weighted by Crippen LogP contribution is -2.24. The van der Waals surface area contributed by atoms with E-state index in [9.17, 15) is 13.2 Å². The molecule has 0 radical (unpaired) electrons. The maximum absolute atomic E-state index is 12.4. The molecule has 116 valence electrons. The number of carbonyl (C=O) groups excluding carboxylic acids is 1. The Hall–Kier alpha value is -2.05. The number of rotatable bonds is 5. The van der Waals surface area contributed by atoms with Crippen LogP contribution in [0.3, 0.4) is 0 Å². The second-order valence-electron chi connectivity index (χ2n) is 4.46. The van der Waals surface area contributed by atoms with Gasteiger partial charge < -0.3 is 5.32 Å². The molecule has 0 aromatic heterocycles. The molecule has 0 bridgehead atoms. The number of benzene rings is 2. The van der Waals surface area contributed by atoms with Gasteiger partial charge in [0.1, 0.15) is 0 Å². The minimum Gasteiger partial charge on any atom is -0.352 e. The van der Waals surface area contributed by atoms with Gasteiger partial charge in [-0.15, -0.1) is 0 Å². The third-order valence-corrected chi connectivity index (χ3v) is 4.51. The van der Waals surface area contributed by atoms with E-state index in [1.165, 1.54) is 30.3 Å². The molecule has 2 N–H and O–H groups in total. The Labute approximate surface area is 134 Å². The molecule has 2 aromatic carbocycles. The summed E-state index contributed by atoms with van der Waals surface area (Å²) in [6.07, 6.45) is 0. The molecule has 2 aromatic rings. The summed E-state index contributed by atoms with van der Waals surface area (Å²) in [4.78, 5) is 12.0. The van der Waals surface area contributed by atoms with E-state index in [4.69, 9.17) is 11.6 Å². The third kappa shape index (κ3) is 3.78. The summed E-state index contributed by atoms with van der Waals surface area (Å²) in [5.74, 6) is -0.336. The number of anilines is 1. The highest BCUT2D eigenvalue weighted by molar-refractivity contribution is 7.92. The van der Waals surface area contributed by atoms with Crippen LogP contribution < -0.4 is 10.0 Å². The number of sulfonamides is 1. The molecule has 0 saturated carbocycles. The summed E-state index contributed by atoms with van der Waals surface area (Å²) in [7, 11) is -3.79. The fourth-order valence-electron chi connectivity index (χ4n) is 1.84. The first-order valence-electron chi connectivity index (χ1n) is 6.59. The average Bonchev–Trinajstić information content (AvgIpc) is 2.48. The summed E-state index contributed by atoms with van der Waals surface area (Å²) >= 11 is 5.76. The smallest absolute Gasteiger partial charge is 0.261 e. The first-order chi connectivity index (χ1) is 10.4. The Morgan fingerprint density at radius 1 is 1.09 bits per heavy atom. The van der Waals surface area contributed by atoms with Crippen molar-refractivity contribution in [2.45, 2.75) is 11.8 Å². The van der Waals surface area contributed by atoms with Crippen LogP contribution in [0.2, 0.25) is 5.02 Å². The van der Waals surface area contributed by atoms with E-state index < -0.39 is 10.0 Å². The van der Waals surface area contributed by atoms with E-state index in [2.05, 4.69) is 10.0 Å². The fraction of sp³-hybridized carbons (Fsp3) is 0.133. The van der Waals surface area contributed by atoms with Crippen LogP contribution in [0.5, 0.6) is 0 Å². The van der Waals surface area contributed by atoms with Crippen LogP contribution in [0.15, 0.2) is 53.4 Å². The Bertz CT molecular complexity index is 774. The molecule has 0 aliphatic rings. The van der Waals surface area contributed by atoms with E-state index in [0.717, 1.165) is 0 Å². The first-order valence-corrected chi connectivity index (χ1v) is 8.46. The Balaban J connectivity index is 2.34. The normalized spacial score (nSPS) is 11.0. The van der Waals surface area contributed by atoms with Crippen LogP contribution in [-0.4, -0.2) is 20.9 Å². The number of hydrogen-bond donors (Lipinski definition) is 2. The maximum Gasteiger partial charge on any atom is 0.261 e. The SMILES string of the molecule is CCNC(=O)c1ccccc1NS(=O)(=O)c1ccc(Cl)cc1. The van der Waals surface area contributed by atoms with Gasteiger partial charge in [-0.2, -0.15) is 0 Å². The minimum absolute atomic E-state index is 0.0719. The van der Waals surface area contributed by atoms with E-state index >= 15 is 0 Å². The fourth-order valence-corrected chi connectivity index (χ4v) is 3.05. The van der Waals surface area contributed by atoms with Gasteiger partial charge >= 0.3 is 0 Å². The van der Waals surface area contributed by atoms with Crippen molar-refractivity contribution >= 4 is 33.2 Å². The number of para-hydroxylation sites is 1. The standard InChI is InChI=1S/C15H15ClN2O3S/c1-2-17-15(19)13-5-3-4-6-14(13)18-22(20,21)12-9-7-11(16)8-10-12/h3-10,18H,2H2,1H3,(H,17,19). The van der Waals surface area contributed by atoms with Crippen molar-refractivity contribution in [3.05, 3.63) is 59.1 Å². The van der Waals surface area contributed by atoms with Crippen LogP contribution in [0.4, 0.5) is 5.69 Å². The van der Waals surface area contributed by atoms with E-state index in [-0.39, 0.29) is 22.1 Å². The first kappa shape index (κ1) is 16.3. The minimum atomic E-state index is -3.79. The number of amides is 1. The number of carbonyl (C=O) groups is 1. The van der Waals surface area contributed by atoms with Gasteiger partial charge in [-0.1, -0.05) is 23.7 Å². The van der Waals surface area contributed by atoms with E-state index in [1.807, 2.05) is 0 Å². The second-order valence-corrected chi connectivity index (χ2v) is 6.58. The van der Waals surface area contributed by atoms with Crippen LogP contribution in [0.1, 0.15) is 17.3 Å². The molecule has 0 heterocycles. The maximum atomic E-state index is 12.4. The van der Waals surface area contributed by atoms with Gasteiger partial charge in [0.25, 0.3) is 15.9 Å². The highest BCUT2D eigenvalue weighted by atomic mass is 35.5. The molecule has 0 saturated heterocycles. The monoisotopic (exact) mass is 338 g/mol. The van der Waals surface area contributed by atoms with Gasteiger partial charge in [0.05, 0.1) is 16.1 Å². The van der Waals surface area contributed by atoms with E-state index in [0.29, 0.717) is 11.6 Å². The number of hydrogen-bond acceptors (Lipinski definition) is 3. The summed E-state index contributed by atoms with van der Waals surface area (Å²) in [6.45, 7) is 2.25. The molecular formula is C15H15ClN2O3S. The topological polar surface area (TPSA) is 75.3 Å². The van der Waals surface area contributed by atoms with Crippen molar-refractivity contribution in [3.8, 4) is 0 Å². The van der Waals surface area contributed by atoms with Gasteiger partial charge in [0.15, 0.2) is 0 Å². The van der Waals surface area contributed by atoms with Crippen LogP contribution >= 0.6 is 11.6 Å². The zero-order valence-electron chi connectivity index (χ0n) is 11.8. The van der Waals surface area contributed by atoms with Crippen molar-refractivity contribution in [3.63, 3.8) is 0 Å². The summed E-state index contributed by atoms with van der Waals surface area (Å²) < 4.78 is 27.1. The average molecular weight is 339 g/mol. The summed E-state index contributed by atoms with van der Waals surface area (Å²) in [5.41, 5.74) is 0.491.